The Hall–Kier alpha value is -1.64. The zero-order valence-corrected chi connectivity index (χ0v) is 11.4. The highest BCUT2D eigenvalue weighted by atomic mass is 19.1. The number of halogens is 1. The van der Waals surface area contributed by atoms with Gasteiger partial charge in [-0.2, -0.15) is 5.26 Å². The molecule has 1 aromatic rings. The van der Waals surface area contributed by atoms with Gasteiger partial charge in [-0.15, -0.1) is 0 Å². The van der Waals surface area contributed by atoms with Crippen LogP contribution in [0.4, 0.5) is 10.1 Å². The molecule has 0 amide bonds. The Morgan fingerprint density at radius 2 is 2.20 bits per heavy atom. The van der Waals surface area contributed by atoms with Crippen molar-refractivity contribution < 1.29 is 13.9 Å². The first-order chi connectivity index (χ1) is 9.81. The first-order valence-corrected chi connectivity index (χ1v) is 6.93. The van der Waals surface area contributed by atoms with E-state index in [-0.39, 0.29) is 5.56 Å². The van der Waals surface area contributed by atoms with E-state index in [2.05, 4.69) is 5.32 Å². The van der Waals surface area contributed by atoms with Crippen molar-refractivity contribution in [1.29, 1.82) is 5.26 Å². The van der Waals surface area contributed by atoms with Crippen molar-refractivity contribution in [2.24, 2.45) is 0 Å². The van der Waals surface area contributed by atoms with Crippen molar-refractivity contribution in [2.75, 3.05) is 31.7 Å². The van der Waals surface area contributed by atoms with Crippen molar-refractivity contribution in [2.45, 2.75) is 25.4 Å². The van der Waals surface area contributed by atoms with Crippen LogP contribution in [0.25, 0.3) is 0 Å². The van der Waals surface area contributed by atoms with E-state index >= 15 is 0 Å². The first kappa shape index (κ1) is 14.8. The van der Waals surface area contributed by atoms with Crippen LogP contribution in [0, 0.1) is 17.1 Å². The molecule has 1 aliphatic rings. The van der Waals surface area contributed by atoms with Crippen LogP contribution >= 0.6 is 0 Å². The molecule has 0 radical (unpaired) electrons. The van der Waals surface area contributed by atoms with Gasteiger partial charge in [-0.05, 0) is 31.4 Å². The number of nitrogens with zero attached hydrogens (tertiary/aromatic N) is 1. The Balaban J connectivity index is 1.68. The Morgan fingerprint density at radius 3 is 2.95 bits per heavy atom. The summed E-state index contributed by atoms with van der Waals surface area (Å²) in [4.78, 5) is 0. The minimum atomic E-state index is -0.490. The average molecular weight is 278 g/mol. The summed E-state index contributed by atoms with van der Waals surface area (Å²) in [6.45, 7) is 2.87. The highest BCUT2D eigenvalue weighted by Crippen LogP contribution is 2.17. The van der Waals surface area contributed by atoms with E-state index in [1.807, 2.05) is 6.07 Å². The molecular weight excluding hydrogens is 259 g/mol. The number of rotatable bonds is 6. The predicted molar refractivity (Wildman–Crippen MR) is 74.0 cm³/mol. The Morgan fingerprint density at radius 1 is 1.40 bits per heavy atom. The van der Waals surface area contributed by atoms with Crippen LogP contribution in [0.3, 0.4) is 0 Å². The van der Waals surface area contributed by atoms with E-state index in [1.54, 1.807) is 12.1 Å². The number of hydrogen-bond acceptors (Lipinski definition) is 4. The molecule has 1 fully saturated rings. The zero-order chi connectivity index (χ0) is 14.2. The van der Waals surface area contributed by atoms with E-state index in [0.717, 1.165) is 32.5 Å². The summed E-state index contributed by atoms with van der Waals surface area (Å²) in [5.41, 5.74) is 0.608. The fourth-order valence-corrected chi connectivity index (χ4v) is 2.17. The van der Waals surface area contributed by atoms with E-state index in [9.17, 15) is 4.39 Å². The van der Waals surface area contributed by atoms with Crippen LogP contribution in [-0.4, -0.2) is 32.5 Å². The van der Waals surface area contributed by atoms with E-state index in [0.29, 0.717) is 24.9 Å². The van der Waals surface area contributed by atoms with Crippen LogP contribution in [0.2, 0.25) is 0 Å². The summed E-state index contributed by atoms with van der Waals surface area (Å²) in [5, 5.41) is 12.0. The van der Waals surface area contributed by atoms with Gasteiger partial charge in [0.2, 0.25) is 0 Å². The summed E-state index contributed by atoms with van der Waals surface area (Å²) in [7, 11) is 0. The lowest BCUT2D eigenvalue weighted by Gasteiger charge is -2.22. The summed E-state index contributed by atoms with van der Waals surface area (Å²) >= 11 is 0. The SMILES string of the molecule is N#Cc1c(F)cccc1NCCCOC1CCOCC1. The van der Waals surface area contributed by atoms with Gasteiger partial charge in [0.05, 0.1) is 11.8 Å². The molecule has 0 unspecified atom stereocenters. The molecule has 20 heavy (non-hydrogen) atoms. The monoisotopic (exact) mass is 278 g/mol. The van der Waals surface area contributed by atoms with Crippen molar-refractivity contribution in [3.63, 3.8) is 0 Å². The first-order valence-electron chi connectivity index (χ1n) is 6.93. The fourth-order valence-electron chi connectivity index (χ4n) is 2.17. The molecule has 0 spiro atoms. The normalized spacial score (nSPS) is 15.8. The molecule has 1 saturated heterocycles. The molecule has 0 saturated carbocycles. The second kappa shape index (κ2) is 7.83. The maximum absolute atomic E-state index is 13.4. The number of anilines is 1. The minimum absolute atomic E-state index is 0.0675. The number of hydrogen-bond donors (Lipinski definition) is 1. The standard InChI is InChI=1S/C15H19FN2O2/c16-14-3-1-4-15(13(14)11-17)18-7-2-8-20-12-5-9-19-10-6-12/h1,3-4,12,18H,2,5-10H2. The molecule has 4 nitrogen and oxygen atoms in total. The number of ether oxygens (including phenoxy) is 2. The Kier molecular flexibility index (Phi) is 5.78. The Labute approximate surface area is 118 Å². The summed E-state index contributed by atoms with van der Waals surface area (Å²) in [6, 6.07) is 6.47. The van der Waals surface area contributed by atoms with E-state index in [4.69, 9.17) is 14.7 Å². The predicted octanol–water partition coefficient (Wildman–Crippen LogP) is 2.69. The summed E-state index contributed by atoms with van der Waals surface area (Å²) in [5.74, 6) is -0.490. The van der Waals surface area contributed by atoms with E-state index < -0.39 is 5.82 Å². The molecule has 5 heteroatoms. The van der Waals surface area contributed by atoms with Crippen LogP contribution < -0.4 is 5.32 Å². The Bertz CT molecular complexity index is 467. The molecule has 1 aliphatic heterocycles. The van der Waals surface area contributed by atoms with Gasteiger partial charge in [-0.3, -0.25) is 0 Å². The molecule has 0 atom stereocenters. The topological polar surface area (TPSA) is 54.3 Å². The van der Waals surface area contributed by atoms with Gasteiger partial charge in [0.1, 0.15) is 17.4 Å². The third-order valence-corrected chi connectivity index (χ3v) is 3.28. The number of nitrogens with one attached hydrogen (secondary N) is 1. The van der Waals surface area contributed by atoms with Crippen molar-refractivity contribution in [1.82, 2.24) is 0 Å². The van der Waals surface area contributed by atoms with Gasteiger partial charge in [-0.25, -0.2) is 4.39 Å². The molecule has 1 heterocycles. The van der Waals surface area contributed by atoms with Crippen molar-refractivity contribution in [3.8, 4) is 6.07 Å². The van der Waals surface area contributed by atoms with Crippen LogP contribution in [0.1, 0.15) is 24.8 Å². The number of nitriles is 1. The van der Waals surface area contributed by atoms with Gasteiger partial charge < -0.3 is 14.8 Å². The zero-order valence-electron chi connectivity index (χ0n) is 11.4. The van der Waals surface area contributed by atoms with Gasteiger partial charge in [0, 0.05) is 26.4 Å². The van der Waals surface area contributed by atoms with Gasteiger partial charge in [-0.1, -0.05) is 6.07 Å². The highest BCUT2D eigenvalue weighted by Gasteiger charge is 2.13. The minimum Gasteiger partial charge on any atom is -0.384 e. The maximum Gasteiger partial charge on any atom is 0.143 e. The van der Waals surface area contributed by atoms with Gasteiger partial charge >= 0.3 is 0 Å². The average Bonchev–Trinajstić information content (AvgIpc) is 2.48. The third kappa shape index (κ3) is 4.19. The second-order valence-electron chi connectivity index (χ2n) is 4.74. The molecule has 108 valence electrons. The van der Waals surface area contributed by atoms with Crippen molar-refractivity contribution >= 4 is 5.69 Å². The molecule has 0 bridgehead atoms. The lowest BCUT2D eigenvalue weighted by Crippen LogP contribution is -2.24. The van der Waals surface area contributed by atoms with Crippen LogP contribution in [0.5, 0.6) is 0 Å². The lowest BCUT2D eigenvalue weighted by molar-refractivity contribution is -0.0316. The number of benzene rings is 1. The molecule has 0 aliphatic carbocycles. The molecule has 1 N–H and O–H groups in total. The smallest absolute Gasteiger partial charge is 0.143 e. The van der Waals surface area contributed by atoms with Gasteiger partial charge in [0.15, 0.2) is 0 Å². The maximum atomic E-state index is 13.4. The van der Waals surface area contributed by atoms with Crippen molar-refractivity contribution in [3.05, 3.63) is 29.6 Å². The van der Waals surface area contributed by atoms with Crippen LogP contribution in [0.15, 0.2) is 18.2 Å². The molecule has 0 aromatic heterocycles. The highest BCUT2D eigenvalue weighted by molar-refractivity contribution is 5.57. The van der Waals surface area contributed by atoms with E-state index in [1.165, 1.54) is 6.07 Å². The van der Waals surface area contributed by atoms with Crippen LogP contribution in [-0.2, 0) is 9.47 Å². The molecular formula is C15H19FN2O2. The quantitative estimate of drug-likeness (QED) is 0.813. The third-order valence-electron chi connectivity index (χ3n) is 3.28. The van der Waals surface area contributed by atoms with Gasteiger partial charge in [0.25, 0.3) is 0 Å². The fraction of sp³-hybridized carbons (Fsp3) is 0.533. The lowest BCUT2D eigenvalue weighted by atomic mass is 10.1. The molecule has 1 aromatic carbocycles. The second-order valence-corrected chi connectivity index (χ2v) is 4.74. The molecule has 2 rings (SSSR count). The summed E-state index contributed by atoms with van der Waals surface area (Å²) < 4.78 is 24.4. The largest absolute Gasteiger partial charge is 0.384 e. The summed E-state index contributed by atoms with van der Waals surface area (Å²) in [6.07, 6.45) is 3.03.